The molecule has 8 heteroatoms. The number of carbonyl (C=O) groups excluding carboxylic acids is 2. The fourth-order valence-electron chi connectivity index (χ4n) is 5.88. The lowest BCUT2D eigenvalue weighted by Gasteiger charge is -2.55. The minimum atomic E-state index is -1.16. The molecular formula is C31H35NO7. The van der Waals surface area contributed by atoms with Gasteiger partial charge in [0.1, 0.15) is 30.2 Å². The van der Waals surface area contributed by atoms with E-state index in [-0.39, 0.29) is 13.2 Å². The molecule has 3 unspecified atom stereocenters. The Hall–Kier alpha value is -3.78. The second-order valence-electron chi connectivity index (χ2n) is 10.7. The molecule has 0 N–H and O–H groups in total. The topological polar surface area (TPSA) is 83.5 Å². The van der Waals surface area contributed by atoms with Crippen LogP contribution in [0.2, 0.25) is 0 Å². The number of ether oxygens (including phenoxy) is 4. The fraction of sp³-hybridized carbons (Fsp3) is 0.419. The average molecular weight is 534 g/mol. The van der Waals surface area contributed by atoms with Gasteiger partial charge in [-0.3, -0.25) is 4.84 Å². The van der Waals surface area contributed by atoms with Crippen LogP contribution in [-0.2, 0) is 37.0 Å². The van der Waals surface area contributed by atoms with E-state index in [1.807, 2.05) is 86.7 Å². The molecule has 1 spiro atoms. The van der Waals surface area contributed by atoms with Gasteiger partial charge in [0.15, 0.2) is 0 Å². The van der Waals surface area contributed by atoms with Crippen molar-refractivity contribution in [2.75, 3.05) is 7.11 Å². The molecule has 1 saturated heterocycles. The molecule has 3 atom stereocenters. The predicted octanol–water partition coefficient (Wildman–Crippen LogP) is 6.47. The second kappa shape index (κ2) is 11.1. The first-order chi connectivity index (χ1) is 18.8. The van der Waals surface area contributed by atoms with Gasteiger partial charge in [-0.2, -0.15) is 5.06 Å². The molecule has 2 aromatic carbocycles. The zero-order valence-electron chi connectivity index (χ0n) is 22.6. The van der Waals surface area contributed by atoms with E-state index in [0.29, 0.717) is 12.2 Å². The molecule has 5 rings (SSSR count). The molecule has 0 radical (unpaired) electrons. The summed E-state index contributed by atoms with van der Waals surface area (Å²) < 4.78 is 23.7. The molecule has 0 bridgehead atoms. The molecule has 2 aliphatic carbocycles. The summed E-state index contributed by atoms with van der Waals surface area (Å²) >= 11 is 0. The largest absolute Gasteiger partial charge is 0.509 e. The van der Waals surface area contributed by atoms with E-state index in [0.717, 1.165) is 36.0 Å². The Kier molecular flexibility index (Phi) is 7.66. The Morgan fingerprint density at radius 3 is 2.15 bits per heavy atom. The van der Waals surface area contributed by atoms with Crippen molar-refractivity contribution >= 4 is 12.2 Å². The summed E-state index contributed by atoms with van der Waals surface area (Å²) in [5.74, 6) is 0.142. The third-order valence-electron chi connectivity index (χ3n) is 7.76. The van der Waals surface area contributed by atoms with Crippen LogP contribution in [0.4, 0.5) is 9.59 Å². The SMILES string of the molecule is CON(C(=O)OCc1ccccc1)C1CC2(CCC2)OC2=CC(C)=CC(C)(OC(=O)OCc3ccccc3)C21. The summed E-state index contributed by atoms with van der Waals surface area (Å²) in [4.78, 5) is 32.0. The number of hydrogen-bond donors (Lipinski definition) is 0. The highest BCUT2D eigenvalue weighted by Gasteiger charge is 2.58. The summed E-state index contributed by atoms with van der Waals surface area (Å²) in [5.41, 5.74) is 1.07. The molecule has 1 heterocycles. The van der Waals surface area contributed by atoms with Gasteiger partial charge in [-0.15, -0.1) is 0 Å². The molecule has 1 aliphatic heterocycles. The molecule has 1 amide bonds. The Bertz CT molecular complexity index is 1240. The molecule has 2 aromatic rings. The van der Waals surface area contributed by atoms with Crippen LogP contribution >= 0.6 is 0 Å². The van der Waals surface area contributed by atoms with E-state index < -0.39 is 35.4 Å². The van der Waals surface area contributed by atoms with E-state index in [9.17, 15) is 9.59 Å². The van der Waals surface area contributed by atoms with Crippen molar-refractivity contribution in [3.8, 4) is 0 Å². The lowest BCUT2D eigenvalue weighted by atomic mass is 9.66. The normalized spacial score (nSPS) is 24.7. The fourth-order valence-corrected chi connectivity index (χ4v) is 5.88. The number of hydroxylamine groups is 2. The van der Waals surface area contributed by atoms with Crippen molar-refractivity contribution in [3.63, 3.8) is 0 Å². The molecular weight excluding hydrogens is 498 g/mol. The van der Waals surface area contributed by atoms with Crippen molar-refractivity contribution in [2.24, 2.45) is 5.92 Å². The number of nitrogens with zero attached hydrogens (tertiary/aromatic N) is 1. The Balaban J connectivity index is 1.38. The highest BCUT2D eigenvalue weighted by atomic mass is 16.7. The summed E-state index contributed by atoms with van der Waals surface area (Å²) in [6.45, 7) is 3.95. The number of carbonyl (C=O) groups is 2. The number of hydrogen-bond acceptors (Lipinski definition) is 7. The molecule has 8 nitrogen and oxygen atoms in total. The number of rotatable bonds is 7. The average Bonchev–Trinajstić information content (AvgIpc) is 2.90. The molecule has 3 aliphatic rings. The maximum absolute atomic E-state index is 13.4. The second-order valence-corrected chi connectivity index (χ2v) is 10.7. The summed E-state index contributed by atoms with van der Waals surface area (Å²) in [6.07, 6.45) is 5.75. The molecule has 39 heavy (non-hydrogen) atoms. The van der Waals surface area contributed by atoms with Gasteiger partial charge in [0, 0.05) is 6.42 Å². The van der Waals surface area contributed by atoms with Gasteiger partial charge in [-0.25, -0.2) is 9.59 Å². The first-order valence-corrected chi connectivity index (χ1v) is 13.3. The smallest absolute Gasteiger partial charge is 0.491 e. The standard InChI is InChI=1S/C31H35NO7/c1-22-17-26-27(30(2,18-22)39-29(34)37-21-24-13-8-5-9-14-24)25(19-31(38-26)15-10-16-31)32(35-3)28(33)36-20-23-11-6-4-7-12-23/h4-9,11-14,17-18,25,27H,10,15-16,19-21H2,1-3H3. The highest BCUT2D eigenvalue weighted by Crippen LogP contribution is 2.53. The molecule has 0 aromatic heterocycles. The van der Waals surface area contributed by atoms with Crippen LogP contribution in [0, 0.1) is 5.92 Å². The van der Waals surface area contributed by atoms with Gasteiger partial charge < -0.3 is 18.9 Å². The lowest BCUT2D eigenvalue weighted by molar-refractivity contribution is -0.218. The summed E-state index contributed by atoms with van der Waals surface area (Å²) in [7, 11) is 1.45. The van der Waals surface area contributed by atoms with E-state index in [1.54, 1.807) is 0 Å². The van der Waals surface area contributed by atoms with E-state index in [1.165, 1.54) is 12.2 Å². The van der Waals surface area contributed by atoms with Crippen molar-refractivity contribution in [1.29, 1.82) is 0 Å². The minimum absolute atomic E-state index is 0.0882. The number of fused-ring (bicyclic) bond motifs is 1. The van der Waals surface area contributed by atoms with E-state index in [4.69, 9.17) is 23.8 Å². The van der Waals surface area contributed by atoms with Crippen LogP contribution in [0.3, 0.4) is 0 Å². The molecule has 2 fully saturated rings. The summed E-state index contributed by atoms with van der Waals surface area (Å²) in [5, 5.41) is 1.27. The van der Waals surface area contributed by atoms with Crippen LogP contribution < -0.4 is 0 Å². The number of benzene rings is 2. The van der Waals surface area contributed by atoms with Crippen molar-refractivity contribution in [3.05, 3.63) is 95.3 Å². The van der Waals surface area contributed by atoms with Gasteiger partial charge in [0.2, 0.25) is 0 Å². The van der Waals surface area contributed by atoms with Gasteiger partial charge in [-0.05, 0) is 62.0 Å². The Morgan fingerprint density at radius 1 is 0.974 bits per heavy atom. The maximum atomic E-state index is 13.4. The van der Waals surface area contributed by atoms with Gasteiger partial charge in [0.05, 0.1) is 19.1 Å². The zero-order valence-corrected chi connectivity index (χ0v) is 22.6. The van der Waals surface area contributed by atoms with Gasteiger partial charge >= 0.3 is 12.2 Å². The number of allylic oxidation sites excluding steroid dienone is 2. The van der Waals surface area contributed by atoms with Gasteiger partial charge in [-0.1, -0.05) is 60.7 Å². The molecule has 206 valence electrons. The lowest BCUT2D eigenvalue weighted by Crippen LogP contribution is -2.62. The maximum Gasteiger partial charge on any atom is 0.509 e. The predicted molar refractivity (Wildman–Crippen MR) is 143 cm³/mol. The van der Waals surface area contributed by atoms with Crippen molar-refractivity contribution in [1.82, 2.24) is 5.06 Å². The molecule has 1 saturated carbocycles. The van der Waals surface area contributed by atoms with Crippen LogP contribution in [0.25, 0.3) is 0 Å². The quantitative estimate of drug-likeness (QED) is 0.298. The Labute approximate surface area is 229 Å². The van der Waals surface area contributed by atoms with E-state index in [2.05, 4.69) is 0 Å². The van der Waals surface area contributed by atoms with Crippen molar-refractivity contribution < 1.29 is 33.4 Å². The van der Waals surface area contributed by atoms with Crippen LogP contribution in [-0.4, -0.2) is 41.7 Å². The van der Waals surface area contributed by atoms with Crippen LogP contribution in [0.1, 0.15) is 50.7 Å². The van der Waals surface area contributed by atoms with Crippen molar-refractivity contribution in [2.45, 2.75) is 70.0 Å². The van der Waals surface area contributed by atoms with Gasteiger partial charge in [0.25, 0.3) is 0 Å². The number of amides is 1. The van der Waals surface area contributed by atoms with Crippen LogP contribution in [0.5, 0.6) is 0 Å². The Morgan fingerprint density at radius 2 is 1.59 bits per heavy atom. The minimum Gasteiger partial charge on any atom is -0.491 e. The highest BCUT2D eigenvalue weighted by molar-refractivity contribution is 5.67. The van der Waals surface area contributed by atoms with Crippen LogP contribution in [0.15, 0.2) is 84.1 Å². The first kappa shape index (κ1) is 26.8. The third-order valence-corrected chi connectivity index (χ3v) is 7.76. The monoisotopic (exact) mass is 533 g/mol. The van der Waals surface area contributed by atoms with E-state index >= 15 is 0 Å². The third kappa shape index (κ3) is 5.81. The zero-order chi connectivity index (χ0) is 27.5. The summed E-state index contributed by atoms with van der Waals surface area (Å²) in [6, 6.07) is 18.4. The first-order valence-electron chi connectivity index (χ1n) is 13.3.